The molecule has 0 bridgehead atoms. The minimum absolute atomic E-state index is 0.0988. The molecular formula is C12H14Cl4. The van der Waals surface area contributed by atoms with E-state index >= 15 is 0 Å². The van der Waals surface area contributed by atoms with Gasteiger partial charge in [0.15, 0.2) is 0 Å². The average molecular weight is 300 g/mol. The molecule has 0 aliphatic rings. The van der Waals surface area contributed by atoms with Crippen molar-refractivity contribution in [2.24, 2.45) is 0 Å². The van der Waals surface area contributed by atoms with Crippen molar-refractivity contribution < 1.29 is 0 Å². The van der Waals surface area contributed by atoms with Gasteiger partial charge in [-0.15, -0.1) is 0 Å². The minimum Gasteiger partial charge on any atom is -0.0682 e. The first kappa shape index (κ1) is 16.1. The molecule has 0 amide bonds. The Morgan fingerprint density at radius 3 is 1.75 bits per heavy atom. The molecule has 0 radical (unpaired) electrons. The maximum atomic E-state index is 4.99. The van der Waals surface area contributed by atoms with Crippen molar-refractivity contribution in [3.05, 3.63) is 44.9 Å². The van der Waals surface area contributed by atoms with E-state index in [2.05, 4.69) is 44.2 Å². The Kier molecular flexibility index (Phi) is 9.25. The van der Waals surface area contributed by atoms with Gasteiger partial charge in [0.1, 0.15) is 8.98 Å². The molecule has 0 N–H and O–H groups in total. The Labute approximate surface area is 117 Å². The molecule has 0 aliphatic carbocycles. The van der Waals surface area contributed by atoms with E-state index in [9.17, 15) is 0 Å². The van der Waals surface area contributed by atoms with Crippen LogP contribution in [0.25, 0.3) is 0 Å². The molecule has 90 valence electrons. The normalized spacial score (nSPS) is 11.1. The molecule has 0 spiro atoms. The quantitative estimate of drug-likeness (QED) is 0.604. The van der Waals surface area contributed by atoms with Gasteiger partial charge in [-0.3, -0.25) is 0 Å². The molecule has 0 saturated heterocycles. The molecule has 16 heavy (non-hydrogen) atoms. The minimum atomic E-state index is -0.0988. The van der Waals surface area contributed by atoms with E-state index < -0.39 is 0 Å². The van der Waals surface area contributed by atoms with Crippen LogP contribution in [-0.4, -0.2) is 0 Å². The monoisotopic (exact) mass is 298 g/mol. The largest absolute Gasteiger partial charge is 0.136 e. The van der Waals surface area contributed by atoms with Crippen molar-refractivity contribution in [2.45, 2.75) is 26.2 Å². The van der Waals surface area contributed by atoms with Crippen LogP contribution in [0.4, 0.5) is 0 Å². The first-order valence-corrected chi connectivity index (χ1v) is 6.41. The van der Waals surface area contributed by atoms with Gasteiger partial charge in [-0.2, -0.15) is 0 Å². The van der Waals surface area contributed by atoms with Gasteiger partial charge in [0, 0.05) is 0 Å². The van der Waals surface area contributed by atoms with Gasteiger partial charge in [0.05, 0.1) is 0 Å². The first-order chi connectivity index (χ1) is 7.49. The number of halogens is 4. The van der Waals surface area contributed by atoms with Gasteiger partial charge >= 0.3 is 0 Å². The fourth-order valence-corrected chi connectivity index (χ4v) is 1.02. The van der Waals surface area contributed by atoms with Crippen LogP contribution in [0, 0.1) is 0 Å². The maximum Gasteiger partial charge on any atom is 0.136 e. The van der Waals surface area contributed by atoms with Crippen LogP contribution in [0.2, 0.25) is 0 Å². The highest BCUT2D eigenvalue weighted by Crippen LogP contribution is 2.20. The van der Waals surface area contributed by atoms with Crippen LogP contribution in [-0.2, 0) is 0 Å². The summed E-state index contributed by atoms with van der Waals surface area (Å²) in [6, 6.07) is 10.6. The van der Waals surface area contributed by atoms with Crippen LogP contribution in [0.5, 0.6) is 0 Å². The Hall–Kier alpha value is 0.120. The van der Waals surface area contributed by atoms with Crippen molar-refractivity contribution >= 4 is 46.4 Å². The van der Waals surface area contributed by atoms with Crippen molar-refractivity contribution in [3.8, 4) is 0 Å². The average Bonchev–Trinajstić information content (AvgIpc) is 2.30. The molecule has 0 fully saturated rings. The first-order valence-electron chi connectivity index (χ1n) is 4.90. The molecular weight excluding hydrogens is 286 g/mol. The Morgan fingerprint density at radius 2 is 1.44 bits per heavy atom. The van der Waals surface area contributed by atoms with E-state index in [0.717, 1.165) is 0 Å². The zero-order valence-corrected chi connectivity index (χ0v) is 12.2. The molecule has 1 aromatic carbocycles. The highest BCUT2D eigenvalue weighted by atomic mass is 35.5. The summed E-state index contributed by atoms with van der Waals surface area (Å²) in [5.41, 5.74) is 1.45. The van der Waals surface area contributed by atoms with E-state index in [1.54, 1.807) is 0 Å². The van der Waals surface area contributed by atoms with Gasteiger partial charge in [0.25, 0.3) is 0 Å². The van der Waals surface area contributed by atoms with Crippen LogP contribution in [0.3, 0.4) is 0 Å². The van der Waals surface area contributed by atoms with Gasteiger partial charge in [-0.05, 0) is 17.9 Å². The second-order valence-corrected chi connectivity index (χ2v) is 5.14. The number of hydrogen-bond donors (Lipinski definition) is 0. The van der Waals surface area contributed by atoms with Crippen LogP contribution in [0.1, 0.15) is 31.7 Å². The van der Waals surface area contributed by atoms with Gasteiger partial charge in [0.2, 0.25) is 0 Å². The molecule has 1 unspecified atom stereocenters. The summed E-state index contributed by atoms with van der Waals surface area (Å²) >= 11 is 20.0. The number of benzene rings is 1. The Morgan fingerprint density at radius 1 is 1.00 bits per heavy atom. The lowest BCUT2D eigenvalue weighted by molar-refractivity contribution is 0.733. The zero-order chi connectivity index (χ0) is 12.6. The van der Waals surface area contributed by atoms with E-state index in [-0.39, 0.29) is 8.98 Å². The summed E-state index contributed by atoms with van der Waals surface area (Å²) in [6.45, 7) is 4.48. The molecule has 1 rings (SSSR count). The summed E-state index contributed by atoms with van der Waals surface area (Å²) in [7, 11) is 0. The van der Waals surface area contributed by atoms with Crippen LogP contribution in [0.15, 0.2) is 39.3 Å². The highest BCUT2D eigenvalue weighted by molar-refractivity contribution is 6.67. The van der Waals surface area contributed by atoms with Crippen molar-refractivity contribution in [1.29, 1.82) is 0 Å². The summed E-state index contributed by atoms with van der Waals surface area (Å²) in [4.78, 5) is 0. The second-order valence-electron chi connectivity index (χ2n) is 3.24. The molecule has 0 saturated carbocycles. The fourth-order valence-electron chi connectivity index (χ4n) is 1.02. The third-order valence-corrected chi connectivity index (χ3v) is 3.27. The molecule has 0 aliphatic heterocycles. The van der Waals surface area contributed by atoms with E-state index in [4.69, 9.17) is 46.4 Å². The van der Waals surface area contributed by atoms with Gasteiger partial charge < -0.3 is 0 Å². The van der Waals surface area contributed by atoms with Crippen molar-refractivity contribution in [3.63, 3.8) is 0 Å². The van der Waals surface area contributed by atoms with Crippen molar-refractivity contribution in [2.75, 3.05) is 0 Å². The lowest BCUT2D eigenvalue weighted by Crippen LogP contribution is -1.88. The molecule has 0 aromatic heterocycles. The van der Waals surface area contributed by atoms with E-state index in [0.29, 0.717) is 5.92 Å². The summed E-state index contributed by atoms with van der Waals surface area (Å²) < 4.78 is -0.198. The van der Waals surface area contributed by atoms with Crippen LogP contribution >= 0.6 is 46.4 Å². The third-order valence-electron chi connectivity index (χ3n) is 2.12. The Bertz CT molecular complexity index is 301. The Balaban J connectivity index is 0.000000325. The molecule has 1 aromatic rings. The van der Waals surface area contributed by atoms with E-state index in [1.807, 2.05) is 0 Å². The summed E-state index contributed by atoms with van der Waals surface area (Å²) in [5, 5.41) is 0. The standard InChI is InChI=1S/C10H14.C2Cl4/c1-3-9(2)10-7-5-4-6-8-10;3-1(4)2(5)6/h4-9H,3H2,1-2H3;. The molecule has 1 atom stereocenters. The third kappa shape index (κ3) is 7.40. The van der Waals surface area contributed by atoms with Crippen molar-refractivity contribution in [1.82, 2.24) is 0 Å². The topological polar surface area (TPSA) is 0 Å². The summed E-state index contributed by atoms with van der Waals surface area (Å²) in [6.07, 6.45) is 1.23. The van der Waals surface area contributed by atoms with Crippen LogP contribution < -0.4 is 0 Å². The summed E-state index contributed by atoms with van der Waals surface area (Å²) in [5.74, 6) is 0.709. The predicted octanol–water partition coefficient (Wildman–Crippen LogP) is 6.27. The van der Waals surface area contributed by atoms with Gasteiger partial charge in [-0.25, -0.2) is 0 Å². The molecule has 4 heteroatoms. The highest BCUT2D eigenvalue weighted by Gasteiger charge is 1.98. The SMILES string of the molecule is CCC(C)c1ccccc1.ClC(Cl)=C(Cl)Cl. The van der Waals surface area contributed by atoms with Gasteiger partial charge in [-0.1, -0.05) is 90.6 Å². The molecule has 0 heterocycles. The maximum absolute atomic E-state index is 4.99. The zero-order valence-electron chi connectivity index (χ0n) is 9.18. The molecule has 0 nitrogen and oxygen atoms in total. The lowest BCUT2D eigenvalue weighted by Gasteiger charge is -2.06. The fraction of sp³-hybridized carbons (Fsp3) is 0.333. The van der Waals surface area contributed by atoms with E-state index in [1.165, 1.54) is 12.0 Å². The second kappa shape index (κ2) is 9.18. The lowest BCUT2D eigenvalue weighted by atomic mass is 9.99. The smallest absolute Gasteiger partial charge is 0.0682 e. The predicted molar refractivity (Wildman–Crippen MR) is 75.6 cm³/mol. The number of hydrogen-bond acceptors (Lipinski definition) is 0. The number of rotatable bonds is 2.